The van der Waals surface area contributed by atoms with Crippen LogP contribution in [0.4, 0.5) is 5.69 Å². The Labute approximate surface area is 140 Å². The van der Waals surface area contributed by atoms with Gasteiger partial charge in [-0.05, 0) is 37.5 Å². The van der Waals surface area contributed by atoms with Crippen molar-refractivity contribution < 1.29 is 0 Å². The number of anilines is 1. The lowest BCUT2D eigenvalue weighted by molar-refractivity contribution is 0.526. The number of hydrogen-bond donors (Lipinski definition) is 1. The molecular formula is C18H29Cl2N. The SMILES string of the molecule is CCCCCC(CCCCC)Nc1cc(Cl)c(C)cc1Cl. The summed E-state index contributed by atoms with van der Waals surface area (Å²) < 4.78 is 0. The number of rotatable bonds is 10. The second kappa shape index (κ2) is 10.3. The topological polar surface area (TPSA) is 12.0 Å². The van der Waals surface area contributed by atoms with Crippen molar-refractivity contribution in [2.24, 2.45) is 0 Å². The molecule has 0 unspecified atom stereocenters. The number of unbranched alkanes of at least 4 members (excludes halogenated alkanes) is 4. The molecule has 1 rings (SSSR count). The summed E-state index contributed by atoms with van der Waals surface area (Å²) in [6.45, 7) is 6.48. The standard InChI is InChI=1S/C18H29Cl2N/c1-4-6-8-10-15(11-9-7-5-2)21-18-13-16(19)14(3)12-17(18)20/h12-13,15,21H,4-11H2,1-3H3. The average molecular weight is 330 g/mol. The largest absolute Gasteiger partial charge is 0.381 e. The van der Waals surface area contributed by atoms with Gasteiger partial charge in [-0.25, -0.2) is 0 Å². The van der Waals surface area contributed by atoms with Crippen molar-refractivity contribution in [2.45, 2.75) is 78.2 Å². The lowest BCUT2D eigenvalue weighted by atomic mass is 10.0. The molecule has 0 spiro atoms. The van der Waals surface area contributed by atoms with E-state index < -0.39 is 0 Å². The van der Waals surface area contributed by atoms with E-state index in [1.54, 1.807) is 0 Å². The van der Waals surface area contributed by atoms with Gasteiger partial charge in [-0.3, -0.25) is 0 Å². The Morgan fingerprint density at radius 3 is 2.00 bits per heavy atom. The van der Waals surface area contributed by atoms with E-state index in [0.717, 1.165) is 21.3 Å². The van der Waals surface area contributed by atoms with Gasteiger partial charge in [0.05, 0.1) is 10.7 Å². The van der Waals surface area contributed by atoms with Crippen LogP contribution in [0.3, 0.4) is 0 Å². The van der Waals surface area contributed by atoms with E-state index in [2.05, 4.69) is 19.2 Å². The van der Waals surface area contributed by atoms with Crippen molar-refractivity contribution in [1.29, 1.82) is 0 Å². The van der Waals surface area contributed by atoms with Crippen LogP contribution in [0, 0.1) is 6.92 Å². The van der Waals surface area contributed by atoms with Gasteiger partial charge in [-0.2, -0.15) is 0 Å². The van der Waals surface area contributed by atoms with Gasteiger partial charge in [-0.1, -0.05) is 75.6 Å². The number of benzene rings is 1. The Bertz CT molecular complexity index is 408. The van der Waals surface area contributed by atoms with Gasteiger partial charge in [-0.15, -0.1) is 0 Å². The van der Waals surface area contributed by atoms with Crippen LogP contribution in [0.25, 0.3) is 0 Å². The molecule has 1 aromatic rings. The summed E-state index contributed by atoms with van der Waals surface area (Å²) in [7, 11) is 0. The number of halogens is 2. The maximum Gasteiger partial charge on any atom is 0.0641 e. The Kier molecular flexibility index (Phi) is 9.19. The molecule has 0 atom stereocenters. The van der Waals surface area contributed by atoms with Gasteiger partial charge in [0, 0.05) is 11.1 Å². The fourth-order valence-electron chi connectivity index (χ4n) is 2.55. The highest BCUT2D eigenvalue weighted by Crippen LogP contribution is 2.30. The van der Waals surface area contributed by atoms with E-state index in [9.17, 15) is 0 Å². The average Bonchev–Trinajstić information content (AvgIpc) is 2.45. The Balaban J connectivity index is 2.67. The van der Waals surface area contributed by atoms with Crippen molar-refractivity contribution in [3.63, 3.8) is 0 Å². The third kappa shape index (κ3) is 6.93. The van der Waals surface area contributed by atoms with Crippen molar-refractivity contribution in [3.8, 4) is 0 Å². The van der Waals surface area contributed by atoms with Crippen LogP contribution in [0.5, 0.6) is 0 Å². The van der Waals surface area contributed by atoms with Gasteiger partial charge in [0.25, 0.3) is 0 Å². The molecular weight excluding hydrogens is 301 g/mol. The van der Waals surface area contributed by atoms with Crippen molar-refractivity contribution in [2.75, 3.05) is 5.32 Å². The lowest BCUT2D eigenvalue weighted by Crippen LogP contribution is -2.19. The summed E-state index contributed by atoms with van der Waals surface area (Å²) in [6.07, 6.45) is 10.1. The van der Waals surface area contributed by atoms with Crippen LogP contribution in [0.15, 0.2) is 12.1 Å². The van der Waals surface area contributed by atoms with Gasteiger partial charge in [0.2, 0.25) is 0 Å². The quantitative estimate of drug-likeness (QED) is 0.446. The monoisotopic (exact) mass is 329 g/mol. The first-order valence-corrected chi connectivity index (χ1v) is 9.06. The molecule has 120 valence electrons. The molecule has 1 N–H and O–H groups in total. The molecule has 0 aliphatic rings. The zero-order valence-electron chi connectivity index (χ0n) is 13.6. The van der Waals surface area contributed by atoms with Gasteiger partial charge in [0.1, 0.15) is 0 Å². The van der Waals surface area contributed by atoms with Crippen LogP contribution in [0.2, 0.25) is 10.0 Å². The molecule has 0 aliphatic heterocycles. The molecule has 0 radical (unpaired) electrons. The summed E-state index contributed by atoms with van der Waals surface area (Å²) >= 11 is 12.6. The van der Waals surface area contributed by atoms with Gasteiger partial charge in [0.15, 0.2) is 0 Å². The lowest BCUT2D eigenvalue weighted by Gasteiger charge is -2.21. The maximum absolute atomic E-state index is 6.35. The molecule has 0 aromatic heterocycles. The fraction of sp³-hybridized carbons (Fsp3) is 0.667. The fourth-order valence-corrected chi connectivity index (χ4v) is 2.98. The van der Waals surface area contributed by atoms with E-state index in [1.165, 1.54) is 51.4 Å². The number of nitrogens with one attached hydrogen (secondary N) is 1. The van der Waals surface area contributed by atoms with E-state index in [0.29, 0.717) is 6.04 Å². The van der Waals surface area contributed by atoms with Crippen LogP contribution >= 0.6 is 23.2 Å². The Morgan fingerprint density at radius 1 is 0.905 bits per heavy atom. The van der Waals surface area contributed by atoms with E-state index in [1.807, 2.05) is 19.1 Å². The highest BCUT2D eigenvalue weighted by molar-refractivity contribution is 6.35. The van der Waals surface area contributed by atoms with Crippen LogP contribution in [-0.4, -0.2) is 6.04 Å². The molecule has 0 heterocycles. The first-order valence-electron chi connectivity index (χ1n) is 8.30. The second-order valence-corrected chi connectivity index (χ2v) is 6.73. The Morgan fingerprint density at radius 2 is 1.48 bits per heavy atom. The van der Waals surface area contributed by atoms with Crippen molar-refractivity contribution >= 4 is 28.9 Å². The maximum atomic E-state index is 6.35. The molecule has 0 amide bonds. The number of aryl methyl sites for hydroxylation is 1. The van der Waals surface area contributed by atoms with Gasteiger partial charge >= 0.3 is 0 Å². The third-order valence-electron chi connectivity index (χ3n) is 3.92. The second-order valence-electron chi connectivity index (χ2n) is 5.91. The highest BCUT2D eigenvalue weighted by Gasteiger charge is 2.11. The minimum atomic E-state index is 0.499. The summed E-state index contributed by atoms with van der Waals surface area (Å²) in [5, 5.41) is 5.17. The molecule has 0 fully saturated rings. The smallest absolute Gasteiger partial charge is 0.0641 e. The molecule has 0 bridgehead atoms. The molecule has 0 aliphatic carbocycles. The number of hydrogen-bond acceptors (Lipinski definition) is 1. The minimum Gasteiger partial charge on any atom is -0.381 e. The predicted octanol–water partition coefficient (Wildman–Crippen LogP) is 7.24. The molecule has 0 saturated heterocycles. The van der Waals surface area contributed by atoms with Crippen LogP contribution in [0.1, 0.15) is 70.8 Å². The van der Waals surface area contributed by atoms with Crippen molar-refractivity contribution in [3.05, 3.63) is 27.7 Å². The molecule has 0 saturated carbocycles. The third-order valence-corrected chi connectivity index (χ3v) is 4.64. The molecule has 1 aromatic carbocycles. The van der Waals surface area contributed by atoms with Crippen molar-refractivity contribution in [1.82, 2.24) is 0 Å². The highest BCUT2D eigenvalue weighted by atomic mass is 35.5. The zero-order valence-corrected chi connectivity index (χ0v) is 15.2. The molecule has 1 nitrogen and oxygen atoms in total. The normalized spacial score (nSPS) is 11.1. The predicted molar refractivity (Wildman–Crippen MR) is 96.9 cm³/mol. The summed E-state index contributed by atoms with van der Waals surface area (Å²) in [4.78, 5) is 0. The Hall–Kier alpha value is -0.400. The van der Waals surface area contributed by atoms with Crippen LogP contribution < -0.4 is 5.32 Å². The molecule has 3 heteroatoms. The van der Waals surface area contributed by atoms with E-state index in [4.69, 9.17) is 23.2 Å². The summed E-state index contributed by atoms with van der Waals surface area (Å²) in [5.74, 6) is 0. The first kappa shape index (κ1) is 18.6. The van der Waals surface area contributed by atoms with Gasteiger partial charge < -0.3 is 5.32 Å². The zero-order chi connectivity index (χ0) is 15.7. The summed E-state index contributed by atoms with van der Waals surface area (Å²) in [6, 6.07) is 4.41. The van der Waals surface area contributed by atoms with E-state index >= 15 is 0 Å². The van der Waals surface area contributed by atoms with E-state index in [-0.39, 0.29) is 0 Å². The van der Waals surface area contributed by atoms with Crippen LogP contribution in [-0.2, 0) is 0 Å². The summed E-state index contributed by atoms with van der Waals surface area (Å²) in [5.41, 5.74) is 2.01. The minimum absolute atomic E-state index is 0.499. The first-order chi connectivity index (χ1) is 10.1. The molecule has 21 heavy (non-hydrogen) atoms.